The van der Waals surface area contributed by atoms with Gasteiger partial charge in [-0.05, 0) is 43.4 Å². The number of hydrogen-bond acceptors (Lipinski definition) is 2. The Labute approximate surface area is 141 Å². The predicted octanol–water partition coefficient (Wildman–Crippen LogP) is 2.90. The number of hydrogen-bond donors (Lipinski definition) is 2. The molecule has 1 aliphatic rings. The van der Waals surface area contributed by atoms with Crippen LogP contribution in [-0.2, 0) is 11.2 Å². The van der Waals surface area contributed by atoms with Crippen LogP contribution in [0.25, 0.3) is 0 Å². The maximum absolute atomic E-state index is 13.0. The number of nitrogens with zero attached hydrogens (tertiary/aromatic N) is 1. The average Bonchev–Trinajstić information content (AvgIpc) is 2.92. The van der Waals surface area contributed by atoms with Gasteiger partial charge >= 0.3 is 12.0 Å². The predicted molar refractivity (Wildman–Crippen MR) is 89.2 cm³/mol. The van der Waals surface area contributed by atoms with E-state index in [9.17, 15) is 19.1 Å². The Morgan fingerprint density at radius 2 is 1.96 bits per heavy atom. The molecule has 1 heterocycles. The summed E-state index contributed by atoms with van der Waals surface area (Å²) in [6.45, 7) is 6.35. The highest BCUT2D eigenvalue weighted by Crippen LogP contribution is 2.30. The molecule has 2 atom stereocenters. The summed E-state index contributed by atoms with van der Waals surface area (Å²) in [7, 11) is 0. The van der Waals surface area contributed by atoms with Crippen LogP contribution < -0.4 is 5.32 Å². The largest absolute Gasteiger partial charge is 0.481 e. The number of carboxylic acids is 1. The lowest BCUT2D eigenvalue weighted by Gasteiger charge is -2.27. The van der Waals surface area contributed by atoms with Crippen LogP contribution in [0.3, 0.4) is 0 Å². The second-order valence-electron chi connectivity index (χ2n) is 7.17. The quantitative estimate of drug-likeness (QED) is 0.869. The highest BCUT2D eigenvalue weighted by molar-refractivity contribution is 5.79. The number of aliphatic carboxylic acids is 1. The molecule has 1 saturated heterocycles. The van der Waals surface area contributed by atoms with E-state index in [1.807, 2.05) is 13.8 Å². The SMILES string of the molecule is CC(C)C(Cc1ccc(F)cc1)NC(=O)N1CCC(C)(C(=O)O)C1. The van der Waals surface area contributed by atoms with Crippen molar-refractivity contribution < 1.29 is 19.1 Å². The number of amides is 2. The van der Waals surface area contributed by atoms with Gasteiger partial charge in [0.1, 0.15) is 5.82 Å². The third-order valence-electron chi connectivity index (χ3n) is 4.76. The van der Waals surface area contributed by atoms with E-state index in [4.69, 9.17) is 0 Å². The van der Waals surface area contributed by atoms with Crippen molar-refractivity contribution in [3.05, 3.63) is 35.6 Å². The lowest BCUT2D eigenvalue weighted by atomic mass is 9.90. The fourth-order valence-corrected chi connectivity index (χ4v) is 2.89. The molecular formula is C18H25FN2O3. The van der Waals surface area contributed by atoms with E-state index in [1.165, 1.54) is 12.1 Å². The number of urea groups is 1. The number of likely N-dealkylation sites (tertiary alicyclic amines) is 1. The fraction of sp³-hybridized carbons (Fsp3) is 0.556. The van der Waals surface area contributed by atoms with Gasteiger partial charge in [0.05, 0.1) is 5.41 Å². The average molecular weight is 336 g/mol. The first-order valence-electron chi connectivity index (χ1n) is 8.24. The summed E-state index contributed by atoms with van der Waals surface area (Å²) < 4.78 is 13.0. The van der Waals surface area contributed by atoms with Gasteiger partial charge in [0.2, 0.25) is 0 Å². The lowest BCUT2D eigenvalue weighted by Crippen LogP contribution is -2.47. The molecule has 5 nitrogen and oxygen atoms in total. The number of carbonyl (C=O) groups excluding carboxylic acids is 1. The molecule has 0 radical (unpaired) electrons. The maximum Gasteiger partial charge on any atom is 0.317 e. The van der Waals surface area contributed by atoms with Crippen LogP contribution in [0, 0.1) is 17.2 Å². The topological polar surface area (TPSA) is 69.6 Å². The summed E-state index contributed by atoms with van der Waals surface area (Å²) in [6, 6.07) is 5.92. The fourth-order valence-electron chi connectivity index (χ4n) is 2.89. The van der Waals surface area contributed by atoms with Gasteiger partial charge in [-0.15, -0.1) is 0 Å². The molecule has 2 unspecified atom stereocenters. The van der Waals surface area contributed by atoms with Gasteiger partial charge < -0.3 is 15.3 Å². The molecule has 0 saturated carbocycles. The molecule has 2 rings (SSSR count). The molecule has 2 N–H and O–H groups in total. The summed E-state index contributed by atoms with van der Waals surface area (Å²) in [5.41, 5.74) is 0.0777. The zero-order valence-corrected chi connectivity index (χ0v) is 14.4. The first kappa shape index (κ1) is 18.2. The second-order valence-corrected chi connectivity index (χ2v) is 7.17. The van der Waals surface area contributed by atoms with Crippen molar-refractivity contribution in [2.75, 3.05) is 13.1 Å². The van der Waals surface area contributed by atoms with E-state index in [1.54, 1.807) is 24.0 Å². The van der Waals surface area contributed by atoms with E-state index < -0.39 is 11.4 Å². The Morgan fingerprint density at radius 3 is 2.46 bits per heavy atom. The second kappa shape index (κ2) is 7.20. The molecule has 0 aromatic heterocycles. The van der Waals surface area contributed by atoms with Gasteiger partial charge in [-0.3, -0.25) is 4.79 Å². The highest BCUT2D eigenvalue weighted by atomic mass is 19.1. The number of carboxylic acid groups (broad SMARTS) is 1. The minimum absolute atomic E-state index is 0.0976. The summed E-state index contributed by atoms with van der Waals surface area (Å²) in [6.07, 6.45) is 1.06. The van der Waals surface area contributed by atoms with Gasteiger partial charge in [0.15, 0.2) is 0 Å². The zero-order valence-electron chi connectivity index (χ0n) is 14.4. The van der Waals surface area contributed by atoms with E-state index in [0.717, 1.165) is 5.56 Å². The Hall–Kier alpha value is -2.11. The third-order valence-corrected chi connectivity index (χ3v) is 4.76. The zero-order chi connectivity index (χ0) is 17.9. The molecule has 0 aliphatic carbocycles. The molecule has 0 spiro atoms. The van der Waals surface area contributed by atoms with Crippen molar-refractivity contribution in [3.8, 4) is 0 Å². The van der Waals surface area contributed by atoms with Crippen molar-refractivity contribution in [1.29, 1.82) is 0 Å². The first-order chi connectivity index (χ1) is 11.2. The molecule has 1 aromatic rings. The highest BCUT2D eigenvalue weighted by Gasteiger charge is 2.42. The Balaban J connectivity index is 1.99. The maximum atomic E-state index is 13.0. The van der Waals surface area contributed by atoms with E-state index in [2.05, 4.69) is 5.32 Å². The van der Waals surface area contributed by atoms with Gasteiger partial charge in [-0.1, -0.05) is 26.0 Å². The van der Waals surface area contributed by atoms with E-state index in [0.29, 0.717) is 19.4 Å². The van der Waals surface area contributed by atoms with Crippen LogP contribution >= 0.6 is 0 Å². The van der Waals surface area contributed by atoms with Crippen LogP contribution in [0.15, 0.2) is 24.3 Å². The van der Waals surface area contributed by atoms with Gasteiger partial charge in [0.25, 0.3) is 0 Å². The normalized spacial score (nSPS) is 21.8. The standard InChI is InChI=1S/C18H25FN2O3/c1-12(2)15(10-13-4-6-14(19)7-5-13)20-17(24)21-9-8-18(3,11-21)16(22)23/h4-7,12,15H,8-11H2,1-3H3,(H,20,24)(H,22,23). The summed E-state index contributed by atoms with van der Waals surface area (Å²) in [5, 5.41) is 12.3. The molecule has 24 heavy (non-hydrogen) atoms. The van der Waals surface area contributed by atoms with Gasteiger partial charge in [0, 0.05) is 19.1 Å². The minimum Gasteiger partial charge on any atom is -0.481 e. The molecule has 1 aliphatic heterocycles. The third kappa shape index (κ3) is 4.24. The number of halogens is 1. The number of benzene rings is 1. The Kier molecular flexibility index (Phi) is 5.47. The van der Waals surface area contributed by atoms with Crippen molar-refractivity contribution in [1.82, 2.24) is 10.2 Å². The summed E-state index contributed by atoms with van der Waals surface area (Å²) >= 11 is 0. The molecule has 1 fully saturated rings. The molecule has 1 aromatic carbocycles. The van der Waals surface area contributed by atoms with Crippen molar-refractivity contribution >= 4 is 12.0 Å². The van der Waals surface area contributed by atoms with Gasteiger partial charge in [-0.25, -0.2) is 9.18 Å². The number of carbonyl (C=O) groups is 2. The van der Waals surface area contributed by atoms with Crippen LogP contribution in [0.2, 0.25) is 0 Å². The van der Waals surface area contributed by atoms with Crippen LogP contribution in [0.4, 0.5) is 9.18 Å². The van der Waals surface area contributed by atoms with Crippen molar-refractivity contribution in [3.63, 3.8) is 0 Å². The van der Waals surface area contributed by atoms with Gasteiger partial charge in [-0.2, -0.15) is 0 Å². The molecule has 6 heteroatoms. The minimum atomic E-state index is -0.873. The summed E-state index contributed by atoms with van der Waals surface area (Å²) in [4.78, 5) is 25.3. The molecular weight excluding hydrogens is 311 g/mol. The first-order valence-corrected chi connectivity index (χ1v) is 8.24. The van der Waals surface area contributed by atoms with Crippen LogP contribution in [0.5, 0.6) is 0 Å². The van der Waals surface area contributed by atoms with E-state index in [-0.39, 0.29) is 30.4 Å². The molecule has 2 amide bonds. The van der Waals surface area contributed by atoms with Crippen molar-refractivity contribution in [2.45, 2.75) is 39.7 Å². The molecule has 0 bridgehead atoms. The number of rotatable bonds is 5. The van der Waals surface area contributed by atoms with Crippen LogP contribution in [0.1, 0.15) is 32.8 Å². The monoisotopic (exact) mass is 336 g/mol. The molecule has 132 valence electrons. The Bertz CT molecular complexity index is 603. The smallest absolute Gasteiger partial charge is 0.317 e. The lowest BCUT2D eigenvalue weighted by molar-refractivity contribution is -0.147. The van der Waals surface area contributed by atoms with E-state index >= 15 is 0 Å². The Morgan fingerprint density at radius 1 is 1.33 bits per heavy atom. The van der Waals surface area contributed by atoms with Crippen molar-refractivity contribution in [2.24, 2.45) is 11.3 Å². The number of nitrogens with one attached hydrogen (secondary N) is 1. The van der Waals surface area contributed by atoms with Crippen LogP contribution in [-0.4, -0.2) is 41.1 Å². The summed E-state index contributed by atoms with van der Waals surface area (Å²) in [5.74, 6) is -0.953.